The van der Waals surface area contributed by atoms with E-state index in [2.05, 4.69) is 36.1 Å². The highest BCUT2D eigenvalue weighted by atomic mass is 16.5. The molecule has 0 radical (unpaired) electrons. The normalized spacial score (nSPS) is 31.5. The standard InChI is InChI=1S/C16H33N3O/c1-4-8-17-12-16(7-10-20-14-16)13-18(2)11-15-6-5-9-19(15)3/h15,17H,4-14H2,1-3H3. The van der Waals surface area contributed by atoms with Gasteiger partial charge in [0.15, 0.2) is 0 Å². The average molecular weight is 283 g/mol. The third kappa shape index (κ3) is 4.42. The van der Waals surface area contributed by atoms with Gasteiger partial charge < -0.3 is 19.9 Å². The van der Waals surface area contributed by atoms with E-state index in [1.54, 1.807) is 0 Å². The molecule has 0 bridgehead atoms. The summed E-state index contributed by atoms with van der Waals surface area (Å²) < 4.78 is 5.71. The Kier molecular flexibility index (Phi) is 6.27. The van der Waals surface area contributed by atoms with Crippen molar-refractivity contribution in [2.24, 2.45) is 5.41 Å². The maximum absolute atomic E-state index is 5.71. The maximum atomic E-state index is 5.71. The van der Waals surface area contributed by atoms with Crippen molar-refractivity contribution < 1.29 is 4.74 Å². The van der Waals surface area contributed by atoms with Gasteiger partial charge in [-0.05, 0) is 52.9 Å². The highest BCUT2D eigenvalue weighted by Gasteiger charge is 2.36. The van der Waals surface area contributed by atoms with Crippen LogP contribution in [0.2, 0.25) is 0 Å². The van der Waals surface area contributed by atoms with Crippen molar-refractivity contribution in [2.75, 3.05) is 60.0 Å². The fraction of sp³-hybridized carbons (Fsp3) is 1.00. The molecule has 20 heavy (non-hydrogen) atoms. The number of hydrogen-bond acceptors (Lipinski definition) is 4. The van der Waals surface area contributed by atoms with Crippen LogP contribution < -0.4 is 5.32 Å². The zero-order valence-electron chi connectivity index (χ0n) is 13.7. The van der Waals surface area contributed by atoms with Crippen LogP contribution in [-0.2, 0) is 4.74 Å². The molecule has 4 heteroatoms. The summed E-state index contributed by atoms with van der Waals surface area (Å²) in [7, 11) is 4.55. The molecule has 2 unspecified atom stereocenters. The van der Waals surface area contributed by atoms with Crippen molar-refractivity contribution in [3.8, 4) is 0 Å². The SMILES string of the molecule is CCCNCC1(CN(C)CC2CCCN2C)CCOC1. The minimum Gasteiger partial charge on any atom is -0.381 e. The van der Waals surface area contributed by atoms with Crippen molar-refractivity contribution in [1.29, 1.82) is 0 Å². The summed E-state index contributed by atoms with van der Waals surface area (Å²) in [4.78, 5) is 5.05. The predicted octanol–water partition coefficient (Wildman–Crippen LogP) is 1.42. The van der Waals surface area contributed by atoms with Gasteiger partial charge in [-0.25, -0.2) is 0 Å². The van der Waals surface area contributed by atoms with E-state index in [4.69, 9.17) is 4.74 Å². The molecule has 0 aromatic heterocycles. The Labute approximate surface area is 124 Å². The fourth-order valence-electron chi connectivity index (χ4n) is 3.71. The molecule has 0 aliphatic carbocycles. The molecule has 2 aliphatic heterocycles. The Balaban J connectivity index is 1.80. The molecule has 118 valence electrons. The number of nitrogens with zero attached hydrogens (tertiary/aromatic N) is 2. The predicted molar refractivity (Wildman–Crippen MR) is 84.2 cm³/mol. The van der Waals surface area contributed by atoms with Gasteiger partial charge in [0, 0.05) is 37.7 Å². The van der Waals surface area contributed by atoms with Crippen LogP contribution in [-0.4, -0.2) is 75.9 Å². The van der Waals surface area contributed by atoms with Crippen LogP contribution in [0.4, 0.5) is 0 Å². The highest BCUT2D eigenvalue weighted by molar-refractivity contribution is 4.89. The molecule has 2 heterocycles. The molecule has 0 spiro atoms. The van der Waals surface area contributed by atoms with Gasteiger partial charge in [0.25, 0.3) is 0 Å². The van der Waals surface area contributed by atoms with Crippen molar-refractivity contribution in [3.63, 3.8) is 0 Å². The summed E-state index contributed by atoms with van der Waals surface area (Å²) >= 11 is 0. The third-order valence-electron chi connectivity index (χ3n) is 4.91. The Morgan fingerprint density at radius 2 is 2.30 bits per heavy atom. The minimum absolute atomic E-state index is 0.334. The number of nitrogens with one attached hydrogen (secondary N) is 1. The smallest absolute Gasteiger partial charge is 0.0547 e. The molecular formula is C16H33N3O. The van der Waals surface area contributed by atoms with E-state index in [1.165, 1.54) is 38.8 Å². The number of hydrogen-bond donors (Lipinski definition) is 1. The molecule has 2 rings (SSSR count). The second-order valence-electron chi connectivity index (χ2n) is 6.95. The van der Waals surface area contributed by atoms with Gasteiger partial charge in [0.05, 0.1) is 6.61 Å². The summed E-state index contributed by atoms with van der Waals surface area (Å²) in [6.07, 6.45) is 5.13. The quantitative estimate of drug-likeness (QED) is 0.682. The molecule has 0 saturated carbocycles. The van der Waals surface area contributed by atoms with Crippen LogP contribution in [0, 0.1) is 5.41 Å². The van der Waals surface area contributed by atoms with Crippen molar-refractivity contribution in [1.82, 2.24) is 15.1 Å². The van der Waals surface area contributed by atoms with E-state index in [1.807, 2.05) is 0 Å². The molecular weight excluding hydrogens is 250 g/mol. The van der Waals surface area contributed by atoms with E-state index >= 15 is 0 Å². The van der Waals surface area contributed by atoms with Crippen LogP contribution in [0.25, 0.3) is 0 Å². The summed E-state index contributed by atoms with van der Waals surface area (Å²) in [6.45, 7) is 9.94. The molecule has 0 amide bonds. The van der Waals surface area contributed by atoms with Gasteiger partial charge in [0.2, 0.25) is 0 Å². The fourth-order valence-corrected chi connectivity index (χ4v) is 3.71. The summed E-state index contributed by atoms with van der Waals surface area (Å²) in [5.41, 5.74) is 0.334. The number of likely N-dealkylation sites (N-methyl/N-ethyl adjacent to an activating group) is 2. The lowest BCUT2D eigenvalue weighted by Crippen LogP contribution is -2.46. The highest BCUT2D eigenvalue weighted by Crippen LogP contribution is 2.29. The average Bonchev–Trinajstić information content (AvgIpc) is 3.01. The number of likely N-dealkylation sites (tertiary alicyclic amines) is 1. The molecule has 2 aliphatic rings. The summed E-state index contributed by atoms with van der Waals surface area (Å²) in [6, 6.07) is 0.753. The van der Waals surface area contributed by atoms with Gasteiger partial charge in [-0.15, -0.1) is 0 Å². The first-order chi connectivity index (χ1) is 9.65. The first-order valence-electron chi connectivity index (χ1n) is 8.32. The van der Waals surface area contributed by atoms with E-state index in [9.17, 15) is 0 Å². The molecule has 2 atom stereocenters. The van der Waals surface area contributed by atoms with Crippen molar-refractivity contribution in [3.05, 3.63) is 0 Å². The van der Waals surface area contributed by atoms with Gasteiger partial charge >= 0.3 is 0 Å². The van der Waals surface area contributed by atoms with Gasteiger partial charge in [-0.3, -0.25) is 0 Å². The zero-order chi connectivity index (χ0) is 14.4. The number of rotatable bonds is 8. The molecule has 2 fully saturated rings. The molecule has 2 saturated heterocycles. The van der Waals surface area contributed by atoms with Crippen molar-refractivity contribution in [2.45, 2.75) is 38.6 Å². The lowest BCUT2D eigenvalue weighted by Gasteiger charge is -2.34. The van der Waals surface area contributed by atoms with Crippen LogP contribution in [0.15, 0.2) is 0 Å². The Bertz CT molecular complexity index is 279. The molecule has 1 N–H and O–H groups in total. The van der Waals surface area contributed by atoms with Gasteiger partial charge in [0.1, 0.15) is 0 Å². The van der Waals surface area contributed by atoms with Gasteiger partial charge in [-0.2, -0.15) is 0 Å². The topological polar surface area (TPSA) is 27.7 Å². The largest absolute Gasteiger partial charge is 0.381 e. The Morgan fingerprint density at radius 3 is 2.90 bits per heavy atom. The first-order valence-corrected chi connectivity index (χ1v) is 8.32. The van der Waals surface area contributed by atoms with E-state index in [0.29, 0.717) is 5.41 Å². The van der Waals surface area contributed by atoms with E-state index in [0.717, 1.165) is 38.9 Å². The lowest BCUT2D eigenvalue weighted by atomic mass is 9.86. The molecule has 0 aromatic rings. The van der Waals surface area contributed by atoms with Crippen LogP contribution >= 0.6 is 0 Å². The van der Waals surface area contributed by atoms with E-state index < -0.39 is 0 Å². The Morgan fingerprint density at radius 1 is 1.45 bits per heavy atom. The van der Waals surface area contributed by atoms with Crippen LogP contribution in [0.1, 0.15) is 32.6 Å². The summed E-state index contributed by atoms with van der Waals surface area (Å²) in [5, 5.41) is 3.61. The molecule has 4 nitrogen and oxygen atoms in total. The van der Waals surface area contributed by atoms with Gasteiger partial charge in [-0.1, -0.05) is 6.92 Å². The first kappa shape index (κ1) is 16.2. The maximum Gasteiger partial charge on any atom is 0.0547 e. The summed E-state index contributed by atoms with van der Waals surface area (Å²) in [5.74, 6) is 0. The number of ether oxygens (including phenoxy) is 1. The Hall–Kier alpha value is -0.160. The molecule has 0 aromatic carbocycles. The zero-order valence-corrected chi connectivity index (χ0v) is 13.7. The van der Waals surface area contributed by atoms with Crippen LogP contribution in [0.5, 0.6) is 0 Å². The third-order valence-corrected chi connectivity index (χ3v) is 4.91. The van der Waals surface area contributed by atoms with Crippen LogP contribution in [0.3, 0.4) is 0 Å². The lowest BCUT2D eigenvalue weighted by molar-refractivity contribution is 0.108. The second kappa shape index (κ2) is 7.74. The minimum atomic E-state index is 0.334. The monoisotopic (exact) mass is 283 g/mol. The van der Waals surface area contributed by atoms with Crippen molar-refractivity contribution >= 4 is 0 Å². The second-order valence-corrected chi connectivity index (χ2v) is 6.95. The van der Waals surface area contributed by atoms with E-state index in [-0.39, 0.29) is 0 Å².